The summed E-state index contributed by atoms with van der Waals surface area (Å²) in [6, 6.07) is 10.2. The number of carbonyl (C=O) groups excluding carboxylic acids is 2. The van der Waals surface area contributed by atoms with Crippen molar-refractivity contribution < 1.29 is 46.9 Å². The number of carboxylic acid groups (broad SMARTS) is 1. The summed E-state index contributed by atoms with van der Waals surface area (Å²) in [5, 5.41) is 7.74. The van der Waals surface area contributed by atoms with Crippen molar-refractivity contribution in [3.8, 4) is 5.75 Å². The van der Waals surface area contributed by atoms with Crippen molar-refractivity contribution >= 4 is 29.8 Å². The van der Waals surface area contributed by atoms with E-state index < -0.39 is 36.0 Å². The fourth-order valence-electron chi connectivity index (χ4n) is 3.16. The van der Waals surface area contributed by atoms with Gasteiger partial charge in [0.15, 0.2) is 0 Å². The number of carbonyl (C=O) groups is 3. The highest BCUT2D eigenvalue weighted by Gasteiger charge is 2.38. The summed E-state index contributed by atoms with van der Waals surface area (Å²) in [6.45, 7) is 6.67. The van der Waals surface area contributed by atoms with Gasteiger partial charge in [-0.05, 0) is 50.6 Å². The molecule has 1 aromatic carbocycles. The Morgan fingerprint density at radius 2 is 1.72 bits per heavy atom. The second-order valence-electron chi connectivity index (χ2n) is 9.26. The van der Waals surface area contributed by atoms with E-state index in [9.17, 15) is 22.8 Å². The molecule has 3 rings (SSSR count). The Morgan fingerprint density at radius 3 is 2.26 bits per heavy atom. The quantitative estimate of drug-likeness (QED) is 0.529. The molecule has 0 spiro atoms. The number of piperazine rings is 1. The zero-order chi connectivity index (χ0) is 29.2. The average molecular weight is 576 g/mol. The molecule has 39 heavy (non-hydrogen) atoms. The van der Waals surface area contributed by atoms with Gasteiger partial charge in [0.05, 0.1) is 12.2 Å². The summed E-state index contributed by atoms with van der Waals surface area (Å²) in [7, 11) is 0. The first-order valence-corrected chi connectivity index (χ1v) is 12.0. The smallest absolute Gasteiger partial charge is 0.490 e. The van der Waals surface area contributed by atoms with Crippen LogP contribution in [0, 0.1) is 0 Å². The van der Waals surface area contributed by atoms with E-state index in [-0.39, 0.29) is 19.8 Å². The number of hydrogen-bond acceptors (Lipinski definition) is 7. The number of hydrogen-bond donors (Lipinski definition) is 1. The highest BCUT2D eigenvalue weighted by atomic mass is 35.5. The van der Waals surface area contributed by atoms with E-state index in [1.54, 1.807) is 58.6 Å². The fraction of sp³-hybridized carbons (Fsp3) is 0.440. The molecule has 1 aromatic heterocycles. The van der Waals surface area contributed by atoms with Crippen LogP contribution < -0.4 is 4.74 Å². The van der Waals surface area contributed by atoms with Crippen molar-refractivity contribution in [1.29, 1.82) is 0 Å². The number of aliphatic carboxylic acids is 1. The topological polar surface area (TPSA) is 119 Å². The number of nitrogens with zero attached hydrogens (tertiary/aromatic N) is 3. The Labute approximate surface area is 228 Å². The summed E-state index contributed by atoms with van der Waals surface area (Å²) in [4.78, 5) is 41.5. The van der Waals surface area contributed by atoms with Gasteiger partial charge in [-0.2, -0.15) is 13.2 Å². The van der Waals surface area contributed by atoms with Crippen LogP contribution in [0.1, 0.15) is 26.3 Å². The van der Waals surface area contributed by atoms with E-state index in [2.05, 4.69) is 4.98 Å². The molecule has 14 heteroatoms. The fourth-order valence-corrected chi connectivity index (χ4v) is 3.29. The van der Waals surface area contributed by atoms with Crippen LogP contribution >= 0.6 is 11.6 Å². The number of pyridine rings is 1. The van der Waals surface area contributed by atoms with Gasteiger partial charge in [0.2, 0.25) is 0 Å². The van der Waals surface area contributed by atoms with Gasteiger partial charge >= 0.3 is 24.3 Å². The summed E-state index contributed by atoms with van der Waals surface area (Å²) < 4.78 is 48.6. The molecule has 1 fully saturated rings. The van der Waals surface area contributed by atoms with E-state index in [4.69, 9.17) is 35.7 Å². The van der Waals surface area contributed by atoms with Gasteiger partial charge in [-0.15, -0.1) is 0 Å². The predicted octanol–water partition coefficient (Wildman–Crippen LogP) is 5.01. The number of aromatic nitrogens is 1. The van der Waals surface area contributed by atoms with Crippen LogP contribution in [0.15, 0.2) is 48.8 Å². The first-order valence-electron chi connectivity index (χ1n) is 11.6. The maximum absolute atomic E-state index is 12.8. The van der Waals surface area contributed by atoms with E-state index in [1.807, 2.05) is 20.8 Å². The van der Waals surface area contributed by atoms with Crippen LogP contribution in [-0.4, -0.2) is 82.1 Å². The highest BCUT2D eigenvalue weighted by Crippen LogP contribution is 2.19. The number of alkyl halides is 3. The monoisotopic (exact) mass is 575 g/mol. The molecule has 0 bridgehead atoms. The maximum atomic E-state index is 12.8. The standard InChI is InChI=1S/C23H28ClN3O5.C2HF3O2/c1-23(2,3)32-21(28)26-11-12-27(19(14-26)16-30-20-5-4-10-25-13-20)22(29)31-15-17-6-8-18(24)9-7-17;3-2(4,5)1(6)7/h4-10,13,19H,11-12,14-16H2,1-3H3;(H,6,7). The predicted molar refractivity (Wildman–Crippen MR) is 133 cm³/mol. The van der Waals surface area contributed by atoms with E-state index in [1.165, 1.54) is 0 Å². The third-order valence-corrected chi connectivity index (χ3v) is 5.22. The Kier molecular flexibility index (Phi) is 11.2. The van der Waals surface area contributed by atoms with Gasteiger partial charge in [0, 0.05) is 30.9 Å². The van der Waals surface area contributed by atoms with E-state index >= 15 is 0 Å². The van der Waals surface area contributed by atoms with Gasteiger partial charge in [0.25, 0.3) is 0 Å². The van der Waals surface area contributed by atoms with Crippen LogP contribution in [0.4, 0.5) is 22.8 Å². The second-order valence-corrected chi connectivity index (χ2v) is 9.69. The summed E-state index contributed by atoms with van der Waals surface area (Å²) in [5.74, 6) is -2.18. The molecule has 0 aliphatic carbocycles. The lowest BCUT2D eigenvalue weighted by molar-refractivity contribution is -0.192. The molecule has 10 nitrogen and oxygen atoms in total. The minimum atomic E-state index is -5.08. The first-order chi connectivity index (χ1) is 18.2. The largest absolute Gasteiger partial charge is 0.490 e. The number of halogens is 4. The third kappa shape index (κ3) is 11.3. The molecule has 1 N–H and O–H groups in total. The number of carboxylic acids is 1. The zero-order valence-corrected chi connectivity index (χ0v) is 22.2. The molecule has 2 amide bonds. The Morgan fingerprint density at radius 1 is 1.08 bits per heavy atom. The third-order valence-electron chi connectivity index (χ3n) is 4.96. The minimum Gasteiger partial charge on any atom is -0.490 e. The molecule has 0 saturated carbocycles. The molecular weight excluding hydrogens is 547 g/mol. The van der Waals surface area contributed by atoms with Crippen LogP contribution in [0.5, 0.6) is 5.75 Å². The normalized spacial score (nSPS) is 15.5. The number of amides is 2. The molecule has 2 heterocycles. The lowest BCUT2D eigenvalue weighted by atomic mass is 10.2. The first kappa shape index (κ1) is 31.5. The van der Waals surface area contributed by atoms with Crippen molar-refractivity contribution in [1.82, 2.24) is 14.8 Å². The number of rotatable bonds is 5. The molecule has 1 atom stereocenters. The van der Waals surface area contributed by atoms with Crippen LogP contribution in [0.25, 0.3) is 0 Å². The molecule has 0 radical (unpaired) electrons. The van der Waals surface area contributed by atoms with Gasteiger partial charge in [-0.3, -0.25) is 9.88 Å². The molecule has 214 valence electrons. The summed E-state index contributed by atoms with van der Waals surface area (Å²) in [5.41, 5.74) is 0.228. The van der Waals surface area contributed by atoms with Crippen LogP contribution in [0.2, 0.25) is 5.02 Å². The summed E-state index contributed by atoms with van der Waals surface area (Å²) in [6.07, 6.45) is -2.72. The lowest BCUT2D eigenvalue weighted by Crippen LogP contribution is -2.59. The highest BCUT2D eigenvalue weighted by molar-refractivity contribution is 6.30. The Bertz CT molecular complexity index is 1100. The zero-order valence-electron chi connectivity index (χ0n) is 21.5. The van der Waals surface area contributed by atoms with Crippen LogP contribution in [-0.2, 0) is 20.9 Å². The summed E-state index contributed by atoms with van der Waals surface area (Å²) >= 11 is 5.90. The molecule has 1 aliphatic rings. The second kappa shape index (κ2) is 13.9. The van der Waals surface area contributed by atoms with Crippen molar-refractivity contribution in [3.63, 3.8) is 0 Å². The molecule has 1 aliphatic heterocycles. The number of ether oxygens (including phenoxy) is 3. The molecule has 1 saturated heterocycles. The van der Waals surface area contributed by atoms with Crippen molar-refractivity contribution in [2.75, 3.05) is 26.2 Å². The van der Waals surface area contributed by atoms with Gasteiger partial charge in [-0.1, -0.05) is 23.7 Å². The molecule has 2 aromatic rings. The Hall–Kier alpha value is -3.74. The SMILES string of the molecule is CC(C)(C)OC(=O)N1CCN(C(=O)OCc2ccc(Cl)cc2)C(COc2cccnc2)C1.O=C(O)C(F)(F)F. The number of benzene rings is 1. The van der Waals surface area contributed by atoms with Crippen molar-refractivity contribution in [3.05, 3.63) is 59.4 Å². The minimum absolute atomic E-state index is 0.123. The van der Waals surface area contributed by atoms with Crippen molar-refractivity contribution in [2.45, 2.75) is 45.2 Å². The van der Waals surface area contributed by atoms with Gasteiger partial charge in [0.1, 0.15) is 24.6 Å². The molecule has 1 unspecified atom stereocenters. The lowest BCUT2D eigenvalue weighted by Gasteiger charge is -2.40. The van der Waals surface area contributed by atoms with Gasteiger partial charge in [-0.25, -0.2) is 14.4 Å². The van der Waals surface area contributed by atoms with Crippen molar-refractivity contribution in [2.24, 2.45) is 0 Å². The average Bonchev–Trinajstić information content (AvgIpc) is 2.86. The van der Waals surface area contributed by atoms with Gasteiger partial charge < -0.3 is 24.2 Å². The maximum Gasteiger partial charge on any atom is 0.490 e. The van der Waals surface area contributed by atoms with E-state index in [0.29, 0.717) is 23.9 Å². The van der Waals surface area contributed by atoms with Crippen LogP contribution in [0.3, 0.4) is 0 Å². The Balaban J connectivity index is 0.000000673. The van der Waals surface area contributed by atoms with E-state index in [0.717, 1.165) is 5.56 Å². The molecular formula is C25H29ClF3N3O7.